The molecule has 0 radical (unpaired) electrons. The second kappa shape index (κ2) is 22.6. The van der Waals surface area contributed by atoms with Crippen molar-refractivity contribution in [3.05, 3.63) is 46.1 Å². The third-order valence-electron chi connectivity index (χ3n) is 7.67. The average molecular weight is 722 g/mol. The van der Waals surface area contributed by atoms with Crippen LogP contribution in [-0.2, 0) is 14.2 Å². The van der Waals surface area contributed by atoms with Gasteiger partial charge in [0.1, 0.15) is 11.8 Å². The summed E-state index contributed by atoms with van der Waals surface area (Å²) in [6.45, 7) is 14.5. The minimum atomic E-state index is 0.344. The Morgan fingerprint density at radius 2 is 1.43 bits per heavy atom. The Hall–Kier alpha value is -3.12. The first-order valence-corrected chi connectivity index (χ1v) is 17.4. The van der Waals surface area contributed by atoms with E-state index in [2.05, 4.69) is 26.2 Å². The Morgan fingerprint density at radius 3 is 2.06 bits per heavy atom. The second-order valence-corrected chi connectivity index (χ2v) is 11.6. The van der Waals surface area contributed by atoms with Crippen molar-refractivity contribution < 1.29 is 28.4 Å². The maximum Gasteiger partial charge on any atom is 0.163 e. The number of aromatic nitrogens is 1. The first kappa shape index (κ1) is 40.3. The zero-order valence-corrected chi connectivity index (χ0v) is 30.6. The van der Waals surface area contributed by atoms with Crippen LogP contribution in [0.15, 0.2) is 30.5 Å². The van der Waals surface area contributed by atoms with Crippen LogP contribution in [0.2, 0.25) is 10.0 Å². The first-order chi connectivity index (χ1) is 24.0. The van der Waals surface area contributed by atoms with Gasteiger partial charge in [-0.1, -0.05) is 37.0 Å². The van der Waals surface area contributed by atoms with E-state index in [4.69, 9.17) is 57.4 Å². The molecule has 14 heteroatoms. The van der Waals surface area contributed by atoms with Gasteiger partial charge in [-0.25, -0.2) is 0 Å². The molecule has 0 unspecified atom stereocenters. The van der Waals surface area contributed by atoms with Gasteiger partial charge in [-0.05, 0) is 18.6 Å². The van der Waals surface area contributed by atoms with E-state index in [1.807, 2.05) is 26.0 Å². The summed E-state index contributed by atoms with van der Waals surface area (Å²) in [6.07, 6.45) is 2.39. The minimum absolute atomic E-state index is 0.344. The lowest BCUT2D eigenvalue weighted by Crippen LogP contribution is -2.47. The number of anilines is 2. The summed E-state index contributed by atoms with van der Waals surface area (Å²) in [5.41, 5.74) is 7.44. The molecular formula is C35H50Cl2N6O6. The fourth-order valence-corrected chi connectivity index (χ4v) is 5.64. The van der Waals surface area contributed by atoms with Crippen LogP contribution < -0.4 is 25.3 Å². The molecule has 1 aromatic heterocycles. The van der Waals surface area contributed by atoms with Crippen molar-refractivity contribution in [2.75, 3.05) is 112 Å². The number of fused-ring (bicyclic) bond motifs is 1. The zero-order valence-electron chi connectivity index (χ0n) is 29.1. The molecule has 3 aromatic rings. The summed E-state index contributed by atoms with van der Waals surface area (Å²) in [4.78, 5) is 9.40. The van der Waals surface area contributed by atoms with E-state index in [0.717, 1.165) is 45.7 Å². The van der Waals surface area contributed by atoms with Crippen LogP contribution in [0.5, 0.6) is 17.2 Å². The molecule has 2 aromatic carbocycles. The number of rotatable bonds is 20. The lowest BCUT2D eigenvalue weighted by atomic mass is 10.1. The molecule has 12 nitrogen and oxygen atoms in total. The van der Waals surface area contributed by atoms with Crippen molar-refractivity contribution in [1.29, 1.82) is 5.26 Å². The van der Waals surface area contributed by atoms with Crippen molar-refractivity contribution in [3.63, 3.8) is 0 Å². The molecule has 0 saturated carbocycles. The number of piperazine rings is 1. The largest absolute Gasteiger partial charge is 0.495 e. The van der Waals surface area contributed by atoms with E-state index in [-0.39, 0.29) is 0 Å². The van der Waals surface area contributed by atoms with Gasteiger partial charge in [0.05, 0.1) is 93.0 Å². The first-order valence-electron chi connectivity index (χ1n) is 16.7. The number of nitrogens with two attached hydrogens (primary N) is 1. The van der Waals surface area contributed by atoms with Crippen LogP contribution in [0.4, 0.5) is 11.4 Å². The lowest BCUT2D eigenvalue weighted by molar-refractivity contribution is 0.00898. The Balaban J connectivity index is 0.00000319. The van der Waals surface area contributed by atoms with Gasteiger partial charge in [-0.2, -0.15) is 5.26 Å². The van der Waals surface area contributed by atoms with E-state index in [0.29, 0.717) is 108 Å². The number of methoxy groups -OCH3 is 2. The second-order valence-electron chi connectivity index (χ2n) is 10.8. The molecule has 3 N–H and O–H groups in total. The number of nitrogens with one attached hydrogen (secondary N) is 1. The van der Waals surface area contributed by atoms with Crippen LogP contribution in [-0.4, -0.2) is 121 Å². The predicted octanol–water partition coefficient (Wildman–Crippen LogP) is 5.60. The van der Waals surface area contributed by atoms with Gasteiger partial charge in [0.2, 0.25) is 0 Å². The standard InChI is InChI=1S/C33H44Cl2N6O6.C2H6/c1-42-30-21-29(26(34)19-27(30)35)39-33-24(22-37)23-38-28-20-32(31(43-2)18-25(28)33)47-11-3-5-40-6-8-41(9-7-40)10-13-45-15-17-46-16-14-44-12-4-36;1-2/h18-21,23H,3-17,36H2,1-2H3,(H,38,39);1-2H3. The SMILES string of the molecule is CC.COc1cc(Nc2c(C#N)cnc3cc(OCCCN4CCN(CCOCCOCCOCCN)CC4)c(OC)cc23)c(Cl)cc1Cl. The van der Waals surface area contributed by atoms with E-state index in [1.54, 1.807) is 19.2 Å². The number of nitrogens with zero attached hydrogens (tertiary/aromatic N) is 4. The number of benzene rings is 2. The Kier molecular flexibility index (Phi) is 18.6. The molecular weight excluding hydrogens is 671 g/mol. The van der Waals surface area contributed by atoms with Crippen LogP contribution in [0, 0.1) is 11.3 Å². The number of nitriles is 1. The summed E-state index contributed by atoms with van der Waals surface area (Å²) < 4.78 is 33.7. The number of hydrogen-bond donors (Lipinski definition) is 2. The topological polar surface area (TPSA) is 137 Å². The zero-order chi connectivity index (χ0) is 35.4. The Bertz CT molecular complexity index is 1470. The summed E-state index contributed by atoms with van der Waals surface area (Å²) >= 11 is 12.7. The Morgan fingerprint density at radius 1 is 0.796 bits per heavy atom. The van der Waals surface area contributed by atoms with Gasteiger partial charge in [0.15, 0.2) is 11.5 Å². The van der Waals surface area contributed by atoms with Gasteiger partial charge < -0.3 is 44.4 Å². The Labute approximate surface area is 300 Å². The predicted molar refractivity (Wildman–Crippen MR) is 195 cm³/mol. The van der Waals surface area contributed by atoms with Gasteiger partial charge in [-0.15, -0.1) is 0 Å². The van der Waals surface area contributed by atoms with Crippen molar-refractivity contribution in [1.82, 2.24) is 14.8 Å². The van der Waals surface area contributed by atoms with Crippen molar-refractivity contribution >= 4 is 45.5 Å². The quantitative estimate of drug-likeness (QED) is 0.141. The van der Waals surface area contributed by atoms with Gasteiger partial charge >= 0.3 is 0 Å². The van der Waals surface area contributed by atoms with Gasteiger partial charge in [0, 0.05) is 69.5 Å². The van der Waals surface area contributed by atoms with E-state index < -0.39 is 0 Å². The van der Waals surface area contributed by atoms with Crippen LogP contribution in [0.3, 0.4) is 0 Å². The minimum Gasteiger partial charge on any atom is -0.495 e. The number of pyridine rings is 1. The molecule has 1 fully saturated rings. The highest BCUT2D eigenvalue weighted by Crippen LogP contribution is 2.40. The molecule has 1 saturated heterocycles. The van der Waals surface area contributed by atoms with Crippen LogP contribution in [0.1, 0.15) is 25.8 Å². The van der Waals surface area contributed by atoms with Crippen molar-refractivity contribution in [3.8, 4) is 23.3 Å². The molecule has 1 aliphatic rings. The number of ether oxygens (including phenoxy) is 6. The van der Waals surface area contributed by atoms with Crippen LogP contribution in [0.25, 0.3) is 10.9 Å². The monoisotopic (exact) mass is 720 g/mol. The molecule has 0 amide bonds. The van der Waals surface area contributed by atoms with Gasteiger partial charge in [0.25, 0.3) is 0 Å². The third-order valence-corrected chi connectivity index (χ3v) is 8.28. The maximum atomic E-state index is 9.83. The summed E-state index contributed by atoms with van der Waals surface area (Å²) in [7, 11) is 3.11. The molecule has 0 aliphatic carbocycles. The molecule has 0 bridgehead atoms. The highest BCUT2D eigenvalue weighted by Gasteiger charge is 2.18. The van der Waals surface area contributed by atoms with E-state index >= 15 is 0 Å². The summed E-state index contributed by atoms with van der Waals surface area (Å²) in [5.74, 6) is 1.58. The smallest absolute Gasteiger partial charge is 0.163 e. The highest BCUT2D eigenvalue weighted by molar-refractivity contribution is 6.37. The van der Waals surface area contributed by atoms with Crippen LogP contribution >= 0.6 is 23.2 Å². The third kappa shape index (κ3) is 12.6. The fraction of sp³-hybridized carbons (Fsp3) is 0.543. The van der Waals surface area contributed by atoms with E-state index in [9.17, 15) is 5.26 Å². The lowest BCUT2D eigenvalue weighted by Gasteiger charge is -2.34. The van der Waals surface area contributed by atoms with Crippen molar-refractivity contribution in [2.24, 2.45) is 5.73 Å². The molecule has 4 rings (SSSR count). The maximum absolute atomic E-state index is 9.83. The highest BCUT2D eigenvalue weighted by atomic mass is 35.5. The molecule has 0 atom stereocenters. The number of hydrogen-bond acceptors (Lipinski definition) is 12. The fourth-order valence-electron chi connectivity index (χ4n) is 5.13. The molecule has 2 heterocycles. The van der Waals surface area contributed by atoms with E-state index in [1.165, 1.54) is 13.3 Å². The number of halogens is 2. The van der Waals surface area contributed by atoms with Crippen molar-refractivity contribution in [2.45, 2.75) is 20.3 Å². The molecule has 0 spiro atoms. The molecule has 270 valence electrons. The molecule has 1 aliphatic heterocycles. The summed E-state index contributed by atoms with van der Waals surface area (Å²) in [6, 6.07) is 9.12. The molecule has 49 heavy (non-hydrogen) atoms. The van der Waals surface area contributed by atoms with Gasteiger partial charge in [-0.3, -0.25) is 9.88 Å². The normalized spacial score (nSPS) is 13.4. The summed E-state index contributed by atoms with van der Waals surface area (Å²) in [5, 5.41) is 14.5. The average Bonchev–Trinajstić information content (AvgIpc) is 3.13.